The fourth-order valence-electron chi connectivity index (χ4n) is 5.65. The Morgan fingerprint density at radius 2 is 1.36 bits per heavy atom. The van der Waals surface area contributed by atoms with Crippen LogP contribution in [0.25, 0.3) is 0 Å². The van der Waals surface area contributed by atoms with E-state index in [0.717, 1.165) is 37.7 Å². The summed E-state index contributed by atoms with van der Waals surface area (Å²) in [4.78, 5) is 64.4. The second-order valence-corrected chi connectivity index (χ2v) is 12.8. The second-order valence-electron chi connectivity index (χ2n) is 12.8. The largest absolute Gasteiger partial charge is 0.459 e. The Bertz CT molecular complexity index is 1140. The summed E-state index contributed by atoms with van der Waals surface area (Å²) in [6.07, 6.45) is 3.33. The SMILES string of the molecule is CCC(=O)OC(CN(CC1CCCCC1)NC(=O)C(NC(=O)OC)C(C)C)C(Cc1ccccc1)NC(=O)C(NC(=O)OC)C(C)C. The van der Waals surface area contributed by atoms with Crippen LogP contribution >= 0.6 is 0 Å². The number of nitrogens with zero attached hydrogens (tertiary/aromatic N) is 1. The molecule has 13 nitrogen and oxygen atoms in total. The highest BCUT2D eigenvalue weighted by atomic mass is 16.5. The zero-order valence-electron chi connectivity index (χ0n) is 29.0. The van der Waals surface area contributed by atoms with Crippen molar-refractivity contribution in [2.24, 2.45) is 17.8 Å². The molecule has 1 saturated carbocycles. The van der Waals surface area contributed by atoms with Crippen LogP contribution < -0.4 is 21.4 Å². The molecule has 0 radical (unpaired) electrons. The van der Waals surface area contributed by atoms with Crippen molar-refractivity contribution in [3.63, 3.8) is 0 Å². The highest BCUT2D eigenvalue weighted by Gasteiger charge is 2.35. The maximum absolute atomic E-state index is 13.7. The van der Waals surface area contributed by atoms with E-state index in [2.05, 4.69) is 21.4 Å². The minimum Gasteiger partial charge on any atom is -0.459 e. The van der Waals surface area contributed by atoms with Crippen LogP contribution in [-0.2, 0) is 35.0 Å². The molecule has 4 atom stereocenters. The van der Waals surface area contributed by atoms with Crippen molar-refractivity contribution in [3.8, 4) is 0 Å². The molecule has 264 valence electrons. The van der Waals surface area contributed by atoms with Gasteiger partial charge < -0.3 is 30.2 Å². The van der Waals surface area contributed by atoms with Crippen molar-refractivity contribution in [1.29, 1.82) is 0 Å². The van der Waals surface area contributed by atoms with Gasteiger partial charge in [0.2, 0.25) is 5.91 Å². The van der Waals surface area contributed by atoms with Crippen molar-refractivity contribution in [2.45, 2.75) is 104 Å². The van der Waals surface area contributed by atoms with Gasteiger partial charge in [-0.3, -0.25) is 19.8 Å². The minimum atomic E-state index is -0.919. The lowest BCUT2D eigenvalue weighted by Gasteiger charge is -2.36. The van der Waals surface area contributed by atoms with Crippen LogP contribution in [0.3, 0.4) is 0 Å². The van der Waals surface area contributed by atoms with Crippen molar-refractivity contribution in [1.82, 2.24) is 26.4 Å². The van der Waals surface area contributed by atoms with Crippen LogP contribution in [-0.4, -0.2) is 86.5 Å². The summed E-state index contributed by atoms with van der Waals surface area (Å²) < 4.78 is 15.5. The number of carbonyl (C=O) groups is 5. The maximum atomic E-state index is 13.7. The van der Waals surface area contributed by atoms with E-state index in [0.29, 0.717) is 13.0 Å². The molecule has 0 heterocycles. The monoisotopic (exact) mass is 661 g/mol. The molecule has 1 aliphatic carbocycles. The number of ether oxygens (including phenoxy) is 3. The lowest BCUT2D eigenvalue weighted by atomic mass is 9.89. The third kappa shape index (κ3) is 13.8. The molecule has 1 fully saturated rings. The van der Waals surface area contributed by atoms with E-state index in [1.807, 2.05) is 44.2 Å². The topological polar surface area (TPSA) is 164 Å². The Morgan fingerprint density at radius 1 is 0.809 bits per heavy atom. The van der Waals surface area contributed by atoms with Gasteiger partial charge in [-0.05, 0) is 42.6 Å². The maximum Gasteiger partial charge on any atom is 0.407 e. The number of benzene rings is 1. The summed E-state index contributed by atoms with van der Waals surface area (Å²) in [5, 5.41) is 10.00. The number of hydrogen-bond donors (Lipinski definition) is 4. The van der Waals surface area contributed by atoms with E-state index in [4.69, 9.17) is 14.2 Å². The van der Waals surface area contributed by atoms with Gasteiger partial charge in [-0.25, -0.2) is 14.6 Å². The third-order valence-electron chi connectivity index (χ3n) is 8.33. The average molecular weight is 662 g/mol. The first-order valence-corrected chi connectivity index (χ1v) is 16.7. The van der Waals surface area contributed by atoms with Crippen LogP contribution in [0.2, 0.25) is 0 Å². The molecule has 1 aromatic carbocycles. The van der Waals surface area contributed by atoms with Crippen molar-refractivity contribution in [3.05, 3.63) is 35.9 Å². The van der Waals surface area contributed by atoms with Gasteiger partial charge in [0, 0.05) is 13.0 Å². The normalized spacial score (nSPS) is 16.0. The summed E-state index contributed by atoms with van der Waals surface area (Å²) in [5.41, 5.74) is 3.88. The molecule has 0 aliphatic heterocycles. The number of hydrazine groups is 1. The average Bonchev–Trinajstić information content (AvgIpc) is 3.05. The smallest absolute Gasteiger partial charge is 0.407 e. The van der Waals surface area contributed by atoms with Crippen LogP contribution in [0, 0.1) is 17.8 Å². The molecule has 1 aromatic rings. The van der Waals surface area contributed by atoms with Gasteiger partial charge in [-0.15, -0.1) is 0 Å². The molecular weight excluding hydrogens is 606 g/mol. The van der Waals surface area contributed by atoms with Gasteiger partial charge in [0.1, 0.15) is 18.2 Å². The molecule has 4 amide bonds. The highest BCUT2D eigenvalue weighted by molar-refractivity contribution is 5.86. The number of rotatable bonds is 17. The summed E-state index contributed by atoms with van der Waals surface area (Å²) in [6, 6.07) is 6.94. The molecule has 0 saturated heterocycles. The fraction of sp³-hybridized carbons (Fsp3) is 0.676. The van der Waals surface area contributed by atoms with Gasteiger partial charge >= 0.3 is 18.2 Å². The van der Waals surface area contributed by atoms with Gasteiger partial charge in [0.15, 0.2) is 0 Å². The van der Waals surface area contributed by atoms with Crippen molar-refractivity contribution < 1.29 is 38.2 Å². The van der Waals surface area contributed by atoms with E-state index >= 15 is 0 Å². The predicted molar refractivity (Wildman–Crippen MR) is 177 cm³/mol. The van der Waals surface area contributed by atoms with E-state index in [-0.39, 0.29) is 30.7 Å². The summed E-state index contributed by atoms with van der Waals surface area (Å²) >= 11 is 0. The quantitative estimate of drug-likeness (QED) is 0.111. The fourth-order valence-corrected chi connectivity index (χ4v) is 5.65. The molecule has 2 rings (SSSR count). The van der Waals surface area contributed by atoms with E-state index in [1.54, 1.807) is 25.8 Å². The van der Waals surface area contributed by atoms with Gasteiger partial charge in [0.05, 0.1) is 26.8 Å². The van der Waals surface area contributed by atoms with Gasteiger partial charge in [-0.1, -0.05) is 84.2 Å². The number of hydrogen-bond acceptors (Lipinski definition) is 9. The minimum absolute atomic E-state index is 0.0611. The third-order valence-corrected chi connectivity index (χ3v) is 8.33. The summed E-state index contributed by atoms with van der Waals surface area (Å²) in [6.45, 7) is 9.47. The Labute approximate surface area is 279 Å². The standard InChI is InChI=1S/C34H55N5O8/c1-8-28(40)47-27(26(19-24-15-11-9-12-16-24)35-31(41)29(22(2)3)36-33(43)45-6)21-39(20-25-17-13-10-14-18-25)38-32(42)30(23(4)5)37-34(44)46-7/h9,11-12,15-16,22-23,25-27,29-30H,8,10,13-14,17-21H2,1-7H3,(H,35,41)(H,36,43)(H,37,44)(H,38,42). The number of nitrogens with one attached hydrogen (secondary N) is 4. The summed E-state index contributed by atoms with van der Waals surface area (Å²) in [5.74, 6) is -1.61. The summed E-state index contributed by atoms with van der Waals surface area (Å²) in [7, 11) is 2.46. The number of amides is 4. The van der Waals surface area contributed by atoms with Crippen molar-refractivity contribution >= 4 is 30.0 Å². The number of carbonyl (C=O) groups excluding carboxylic acids is 5. The lowest BCUT2D eigenvalue weighted by Crippen LogP contribution is -2.60. The number of esters is 1. The molecule has 13 heteroatoms. The van der Waals surface area contributed by atoms with E-state index in [1.165, 1.54) is 14.2 Å². The lowest BCUT2D eigenvalue weighted by molar-refractivity contribution is -0.153. The zero-order valence-corrected chi connectivity index (χ0v) is 29.0. The van der Waals surface area contributed by atoms with Crippen LogP contribution in [0.15, 0.2) is 30.3 Å². The molecule has 4 N–H and O–H groups in total. The zero-order chi connectivity index (χ0) is 34.9. The second kappa shape index (κ2) is 20.4. The highest BCUT2D eigenvalue weighted by Crippen LogP contribution is 2.25. The number of methoxy groups -OCH3 is 2. The molecule has 0 spiro atoms. The Balaban J connectivity index is 2.50. The number of alkyl carbamates (subject to hydrolysis) is 2. The Hall–Kier alpha value is -3.87. The first-order valence-electron chi connectivity index (χ1n) is 16.7. The first-order chi connectivity index (χ1) is 22.4. The molecule has 1 aliphatic rings. The van der Waals surface area contributed by atoms with E-state index in [9.17, 15) is 24.0 Å². The van der Waals surface area contributed by atoms with Crippen LogP contribution in [0.1, 0.15) is 78.7 Å². The molecular formula is C34H55N5O8. The van der Waals surface area contributed by atoms with Gasteiger partial charge in [0.25, 0.3) is 5.91 Å². The Kier molecular flexibility index (Phi) is 17.0. The Morgan fingerprint density at radius 3 is 1.87 bits per heavy atom. The molecule has 0 aromatic heterocycles. The first kappa shape index (κ1) is 39.3. The molecule has 47 heavy (non-hydrogen) atoms. The molecule has 0 bridgehead atoms. The predicted octanol–water partition coefficient (Wildman–Crippen LogP) is 3.71. The van der Waals surface area contributed by atoms with Crippen LogP contribution in [0.5, 0.6) is 0 Å². The van der Waals surface area contributed by atoms with E-state index < -0.39 is 54.2 Å². The molecule has 4 unspecified atom stereocenters. The van der Waals surface area contributed by atoms with Gasteiger partial charge in [-0.2, -0.15) is 0 Å². The van der Waals surface area contributed by atoms with Crippen LogP contribution in [0.4, 0.5) is 9.59 Å². The van der Waals surface area contributed by atoms with Crippen molar-refractivity contribution in [2.75, 3.05) is 27.3 Å².